The number of para-hydroxylation sites is 1. The quantitative estimate of drug-likeness (QED) is 0.526. The fraction of sp³-hybridized carbons (Fsp3) is 0.200. The van der Waals surface area contributed by atoms with E-state index in [1.165, 1.54) is 6.07 Å². The molecular formula is C10H11NO2. The molecular weight excluding hydrogens is 166 g/mol. The minimum atomic E-state index is -0.366. The summed E-state index contributed by atoms with van der Waals surface area (Å²) in [4.78, 5) is 10.2. The maximum atomic E-state index is 10.6. The van der Waals surface area contributed by atoms with E-state index in [4.69, 9.17) is 0 Å². The van der Waals surface area contributed by atoms with Crippen molar-refractivity contribution in [3.8, 4) is 0 Å². The van der Waals surface area contributed by atoms with Gasteiger partial charge in [-0.25, -0.2) is 0 Å². The topological polar surface area (TPSA) is 43.1 Å². The Balaban J connectivity index is 3.05. The molecule has 0 radical (unpaired) electrons. The number of hydrogen-bond donors (Lipinski definition) is 0. The highest BCUT2D eigenvalue weighted by Gasteiger charge is 2.08. The molecule has 13 heavy (non-hydrogen) atoms. The fourth-order valence-electron chi connectivity index (χ4n) is 1.04. The zero-order valence-electron chi connectivity index (χ0n) is 7.43. The third-order valence-corrected chi connectivity index (χ3v) is 1.67. The Morgan fingerprint density at radius 2 is 2.15 bits per heavy atom. The summed E-state index contributed by atoms with van der Waals surface area (Å²) in [5.74, 6) is 0. The minimum Gasteiger partial charge on any atom is -0.258 e. The first-order chi connectivity index (χ1) is 6.25. The van der Waals surface area contributed by atoms with E-state index < -0.39 is 0 Å². The van der Waals surface area contributed by atoms with Crippen LogP contribution in [0.15, 0.2) is 30.3 Å². The van der Waals surface area contributed by atoms with Gasteiger partial charge in [-0.2, -0.15) is 0 Å². The van der Waals surface area contributed by atoms with Crippen LogP contribution in [0.1, 0.15) is 18.9 Å². The summed E-state index contributed by atoms with van der Waals surface area (Å²) >= 11 is 0. The summed E-state index contributed by atoms with van der Waals surface area (Å²) in [5, 5.41) is 10.6. The molecule has 0 aromatic heterocycles. The SMILES string of the molecule is CC/C=C\c1ccccc1[N+](=O)[O-]. The molecule has 0 heterocycles. The van der Waals surface area contributed by atoms with Crippen LogP contribution in [0, 0.1) is 10.1 Å². The first-order valence-corrected chi connectivity index (χ1v) is 4.15. The Hall–Kier alpha value is -1.64. The molecule has 0 aliphatic heterocycles. The van der Waals surface area contributed by atoms with Crippen molar-refractivity contribution in [2.75, 3.05) is 0 Å². The summed E-state index contributed by atoms with van der Waals surface area (Å²) in [5.41, 5.74) is 0.821. The summed E-state index contributed by atoms with van der Waals surface area (Å²) < 4.78 is 0. The smallest absolute Gasteiger partial charge is 0.258 e. The van der Waals surface area contributed by atoms with Crippen LogP contribution in [0.2, 0.25) is 0 Å². The number of nitrogens with zero attached hydrogens (tertiary/aromatic N) is 1. The van der Waals surface area contributed by atoms with Crippen molar-refractivity contribution in [2.45, 2.75) is 13.3 Å². The Labute approximate surface area is 76.9 Å². The number of hydrogen-bond acceptors (Lipinski definition) is 2. The monoisotopic (exact) mass is 177 g/mol. The fourth-order valence-corrected chi connectivity index (χ4v) is 1.04. The molecule has 0 spiro atoms. The first-order valence-electron chi connectivity index (χ1n) is 4.15. The van der Waals surface area contributed by atoms with Crippen molar-refractivity contribution in [2.24, 2.45) is 0 Å². The average Bonchev–Trinajstić information content (AvgIpc) is 2.15. The molecule has 3 nitrogen and oxygen atoms in total. The Morgan fingerprint density at radius 1 is 1.46 bits per heavy atom. The predicted octanol–water partition coefficient (Wildman–Crippen LogP) is 3.02. The van der Waals surface area contributed by atoms with E-state index in [0.717, 1.165) is 6.42 Å². The number of nitro groups is 1. The van der Waals surface area contributed by atoms with Crippen LogP contribution in [0.5, 0.6) is 0 Å². The molecule has 3 heteroatoms. The molecule has 0 atom stereocenters. The largest absolute Gasteiger partial charge is 0.276 e. The van der Waals surface area contributed by atoms with Crippen LogP contribution in [0.25, 0.3) is 6.08 Å². The van der Waals surface area contributed by atoms with Gasteiger partial charge in [-0.3, -0.25) is 10.1 Å². The summed E-state index contributed by atoms with van der Waals surface area (Å²) in [6.45, 7) is 1.99. The molecule has 0 aliphatic rings. The zero-order chi connectivity index (χ0) is 9.68. The van der Waals surface area contributed by atoms with Crippen LogP contribution < -0.4 is 0 Å². The van der Waals surface area contributed by atoms with Gasteiger partial charge in [0.25, 0.3) is 5.69 Å². The van der Waals surface area contributed by atoms with Gasteiger partial charge in [0.15, 0.2) is 0 Å². The Bertz CT molecular complexity index is 331. The van der Waals surface area contributed by atoms with E-state index in [0.29, 0.717) is 5.56 Å². The molecule has 0 unspecified atom stereocenters. The molecule has 1 aromatic carbocycles. The highest BCUT2D eigenvalue weighted by molar-refractivity contribution is 5.60. The van der Waals surface area contributed by atoms with Gasteiger partial charge in [0.2, 0.25) is 0 Å². The van der Waals surface area contributed by atoms with Gasteiger partial charge in [-0.05, 0) is 12.5 Å². The molecule has 0 bridgehead atoms. The molecule has 0 amide bonds. The molecule has 68 valence electrons. The molecule has 0 saturated heterocycles. The van der Waals surface area contributed by atoms with E-state index in [1.54, 1.807) is 24.3 Å². The summed E-state index contributed by atoms with van der Waals surface area (Å²) in [6.07, 6.45) is 4.56. The second-order valence-corrected chi connectivity index (χ2v) is 2.63. The second-order valence-electron chi connectivity index (χ2n) is 2.63. The van der Waals surface area contributed by atoms with Crippen molar-refractivity contribution in [1.82, 2.24) is 0 Å². The second kappa shape index (κ2) is 4.40. The molecule has 1 rings (SSSR count). The normalized spacial score (nSPS) is 10.5. The lowest BCUT2D eigenvalue weighted by atomic mass is 10.1. The molecule has 0 saturated carbocycles. The predicted molar refractivity (Wildman–Crippen MR) is 52.4 cm³/mol. The van der Waals surface area contributed by atoms with Gasteiger partial charge >= 0.3 is 0 Å². The van der Waals surface area contributed by atoms with Crippen LogP contribution in [-0.2, 0) is 0 Å². The summed E-state index contributed by atoms with van der Waals surface area (Å²) in [7, 11) is 0. The van der Waals surface area contributed by atoms with E-state index in [9.17, 15) is 10.1 Å². The standard InChI is InChI=1S/C10H11NO2/c1-2-3-6-9-7-4-5-8-10(9)11(12)13/h3-8H,2H2,1H3/b6-3-. The Morgan fingerprint density at radius 3 is 2.77 bits per heavy atom. The molecule has 0 N–H and O–H groups in total. The van der Waals surface area contributed by atoms with Crippen LogP contribution >= 0.6 is 0 Å². The van der Waals surface area contributed by atoms with Gasteiger partial charge in [-0.15, -0.1) is 0 Å². The minimum absolute atomic E-state index is 0.159. The van der Waals surface area contributed by atoms with Crippen LogP contribution in [0.3, 0.4) is 0 Å². The van der Waals surface area contributed by atoms with Gasteiger partial charge in [0.05, 0.1) is 10.5 Å². The lowest BCUT2D eigenvalue weighted by Gasteiger charge is -1.95. The van der Waals surface area contributed by atoms with E-state index in [1.807, 2.05) is 13.0 Å². The third-order valence-electron chi connectivity index (χ3n) is 1.67. The molecule has 0 aliphatic carbocycles. The van der Waals surface area contributed by atoms with Gasteiger partial charge in [-0.1, -0.05) is 31.2 Å². The maximum absolute atomic E-state index is 10.6. The van der Waals surface area contributed by atoms with Gasteiger partial charge in [0, 0.05) is 6.07 Å². The van der Waals surface area contributed by atoms with Crippen molar-refractivity contribution >= 4 is 11.8 Å². The first kappa shape index (κ1) is 9.45. The molecule has 0 fully saturated rings. The van der Waals surface area contributed by atoms with E-state index in [2.05, 4.69) is 0 Å². The maximum Gasteiger partial charge on any atom is 0.276 e. The Kier molecular flexibility index (Phi) is 3.20. The van der Waals surface area contributed by atoms with Crippen molar-refractivity contribution < 1.29 is 4.92 Å². The lowest BCUT2D eigenvalue weighted by molar-refractivity contribution is -0.385. The van der Waals surface area contributed by atoms with Crippen molar-refractivity contribution in [3.63, 3.8) is 0 Å². The van der Waals surface area contributed by atoms with Crippen molar-refractivity contribution in [1.29, 1.82) is 0 Å². The highest BCUT2D eigenvalue weighted by Crippen LogP contribution is 2.18. The van der Waals surface area contributed by atoms with Crippen molar-refractivity contribution in [3.05, 3.63) is 46.0 Å². The number of allylic oxidation sites excluding steroid dienone is 1. The number of nitro benzene ring substituents is 1. The van der Waals surface area contributed by atoms with E-state index >= 15 is 0 Å². The average molecular weight is 177 g/mol. The van der Waals surface area contributed by atoms with E-state index in [-0.39, 0.29) is 10.6 Å². The zero-order valence-corrected chi connectivity index (χ0v) is 7.43. The summed E-state index contributed by atoms with van der Waals surface area (Å²) in [6, 6.07) is 6.71. The molecule has 1 aromatic rings. The van der Waals surface area contributed by atoms with Crippen LogP contribution in [-0.4, -0.2) is 4.92 Å². The van der Waals surface area contributed by atoms with Gasteiger partial charge in [0.1, 0.15) is 0 Å². The number of rotatable bonds is 3. The lowest BCUT2D eigenvalue weighted by Crippen LogP contribution is -1.90. The van der Waals surface area contributed by atoms with Gasteiger partial charge < -0.3 is 0 Å². The third kappa shape index (κ3) is 2.40. The number of benzene rings is 1. The van der Waals surface area contributed by atoms with Crippen LogP contribution in [0.4, 0.5) is 5.69 Å². The highest BCUT2D eigenvalue weighted by atomic mass is 16.6.